The molecular formula is C18H20FN3O2S. The van der Waals surface area contributed by atoms with Gasteiger partial charge in [0.05, 0.1) is 11.8 Å². The third-order valence-electron chi connectivity index (χ3n) is 4.20. The number of halogens is 1. The number of carbonyl (C=O) groups is 1. The van der Waals surface area contributed by atoms with Gasteiger partial charge in [-0.15, -0.1) is 0 Å². The van der Waals surface area contributed by atoms with E-state index in [9.17, 15) is 9.18 Å². The fourth-order valence-electron chi connectivity index (χ4n) is 2.81. The molecule has 0 spiro atoms. The number of thioether (sulfide) groups is 1. The Morgan fingerprint density at radius 2 is 2.32 bits per heavy atom. The summed E-state index contributed by atoms with van der Waals surface area (Å²) >= 11 is 1.47. The van der Waals surface area contributed by atoms with Gasteiger partial charge in [-0.05, 0) is 43.7 Å². The van der Waals surface area contributed by atoms with Crippen LogP contribution in [0.15, 0.2) is 46.0 Å². The summed E-state index contributed by atoms with van der Waals surface area (Å²) in [5.41, 5.74) is 6.09. The van der Waals surface area contributed by atoms with E-state index >= 15 is 0 Å². The van der Waals surface area contributed by atoms with Crippen molar-refractivity contribution >= 4 is 28.5 Å². The van der Waals surface area contributed by atoms with Crippen molar-refractivity contribution in [3.05, 3.63) is 53.7 Å². The van der Waals surface area contributed by atoms with Crippen molar-refractivity contribution in [1.29, 1.82) is 0 Å². The topological polar surface area (TPSA) is 80.6 Å². The summed E-state index contributed by atoms with van der Waals surface area (Å²) in [4.78, 5) is 16.5. The molecule has 3 rings (SSSR count). The molecule has 2 aromatic rings. The molecule has 0 fully saturated rings. The van der Waals surface area contributed by atoms with Gasteiger partial charge in [-0.25, -0.2) is 4.39 Å². The number of nitrogens with two attached hydrogens (primary N) is 1. The second kappa shape index (κ2) is 7.31. The van der Waals surface area contributed by atoms with Gasteiger partial charge in [0.2, 0.25) is 5.91 Å². The van der Waals surface area contributed by atoms with Crippen molar-refractivity contribution in [2.24, 2.45) is 10.7 Å². The van der Waals surface area contributed by atoms with Gasteiger partial charge in [0.1, 0.15) is 11.6 Å². The van der Waals surface area contributed by atoms with Crippen LogP contribution in [0.25, 0.3) is 0 Å². The molecule has 132 valence electrons. The lowest BCUT2D eigenvalue weighted by Crippen LogP contribution is -2.29. The molecular weight excluding hydrogens is 341 g/mol. The summed E-state index contributed by atoms with van der Waals surface area (Å²) in [5.74, 6) is 1.04. The molecule has 1 aromatic heterocycles. The van der Waals surface area contributed by atoms with E-state index in [-0.39, 0.29) is 11.7 Å². The van der Waals surface area contributed by atoms with Crippen LogP contribution >= 0.6 is 11.8 Å². The molecule has 0 bridgehead atoms. The predicted molar refractivity (Wildman–Crippen MR) is 98.1 cm³/mol. The van der Waals surface area contributed by atoms with Gasteiger partial charge in [-0.3, -0.25) is 9.79 Å². The molecule has 1 unspecified atom stereocenters. The number of anilines is 1. The first-order valence-electron chi connectivity index (χ1n) is 8.07. The SMILES string of the molecule is CC1(c2cc(NC(=O)CCc3ccco3)ccc2F)CCSC(N)=N1. The Kier molecular flexibility index (Phi) is 5.13. The van der Waals surface area contributed by atoms with Gasteiger partial charge in [-0.2, -0.15) is 0 Å². The Hall–Kier alpha value is -2.28. The van der Waals surface area contributed by atoms with Crippen molar-refractivity contribution in [2.45, 2.75) is 31.7 Å². The Morgan fingerprint density at radius 3 is 3.04 bits per heavy atom. The first kappa shape index (κ1) is 17.5. The number of aryl methyl sites for hydroxylation is 1. The molecule has 2 heterocycles. The molecule has 7 heteroatoms. The number of carbonyl (C=O) groups excluding carboxylic acids is 1. The van der Waals surface area contributed by atoms with Gasteiger partial charge >= 0.3 is 0 Å². The summed E-state index contributed by atoms with van der Waals surface area (Å²) in [6.45, 7) is 1.86. The van der Waals surface area contributed by atoms with Crippen molar-refractivity contribution in [1.82, 2.24) is 0 Å². The number of benzene rings is 1. The molecule has 25 heavy (non-hydrogen) atoms. The second-order valence-corrected chi connectivity index (χ2v) is 7.26. The van der Waals surface area contributed by atoms with E-state index in [2.05, 4.69) is 10.3 Å². The number of nitrogens with one attached hydrogen (secondary N) is 1. The number of hydrogen-bond acceptors (Lipinski definition) is 5. The molecule has 0 saturated heterocycles. The van der Waals surface area contributed by atoms with Crippen molar-refractivity contribution in [2.75, 3.05) is 11.1 Å². The van der Waals surface area contributed by atoms with Crippen molar-refractivity contribution < 1.29 is 13.6 Å². The largest absolute Gasteiger partial charge is 0.469 e. The average Bonchev–Trinajstić information content (AvgIpc) is 3.08. The maximum absolute atomic E-state index is 14.4. The van der Waals surface area contributed by atoms with E-state index in [1.54, 1.807) is 24.5 Å². The molecule has 5 nitrogen and oxygen atoms in total. The fraction of sp³-hybridized carbons (Fsp3) is 0.333. The average molecular weight is 361 g/mol. The molecule has 0 aliphatic carbocycles. The summed E-state index contributed by atoms with van der Waals surface area (Å²) in [5, 5.41) is 3.27. The highest BCUT2D eigenvalue weighted by Gasteiger charge is 2.32. The molecule has 1 aliphatic rings. The monoisotopic (exact) mass is 361 g/mol. The minimum Gasteiger partial charge on any atom is -0.469 e. The lowest BCUT2D eigenvalue weighted by molar-refractivity contribution is -0.116. The van der Waals surface area contributed by atoms with Gasteiger partial charge in [0.15, 0.2) is 5.17 Å². The van der Waals surface area contributed by atoms with Crippen LogP contribution in [-0.4, -0.2) is 16.8 Å². The Morgan fingerprint density at radius 1 is 1.48 bits per heavy atom. The van der Waals surface area contributed by atoms with Gasteiger partial charge in [0, 0.05) is 29.8 Å². The Labute approximate surface area is 149 Å². The summed E-state index contributed by atoms with van der Waals surface area (Å²) in [6.07, 6.45) is 3.07. The Balaban J connectivity index is 1.73. The number of amidine groups is 1. The fourth-order valence-corrected chi connectivity index (χ4v) is 3.79. The standard InChI is InChI=1S/C18H20FN3O2S/c1-18(8-10-25-17(20)22-18)14-11-12(4-6-15(14)19)21-16(23)7-5-13-3-2-9-24-13/h2-4,6,9,11H,5,7-8,10H2,1H3,(H2,20,22)(H,21,23). The van der Waals surface area contributed by atoms with Crippen LogP contribution in [0.3, 0.4) is 0 Å². The number of rotatable bonds is 5. The smallest absolute Gasteiger partial charge is 0.224 e. The summed E-state index contributed by atoms with van der Waals surface area (Å²) in [7, 11) is 0. The lowest BCUT2D eigenvalue weighted by Gasteiger charge is -2.30. The minimum absolute atomic E-state index is 0.152. The van der Waals surface area contributed by atoms with Crippen molar-refractivity contribution in [3.63, 3.8) is 0 Å². The number of amides is 1. The van der Waals surface area contributed by atoms with Crippen molar-refractivity contribution in [3.8, 4) is 0 Å². The van der Waals surface area contributed by atoms with E-state index in [4.69, 9.17) is 10.2 Å². The van der Waals surface area contributed by atoms with E-state index in [0.717, 1.165) is 11.5 Å². The minimum atomic E-state index is -0.714. The van der Waals surface area contributed by atoms with Gasteiger partial charge in [0.25, 0.3) is 0 Å². The maximum Gasteiger partial charge on any atom is 0.224 e. The third-order valence-corrected chi connectivity index (χ3v) is 5.00. The van der Waals surface area contributed by atoms with Crippen LogP contribution in [0.2, 0.25) is 0 Å². The quantitative estimate of drug-likeness (QED) is 0.852. The second-order valence-electron chi connectivity index (χ2n) is 6.14. The molecule has 0 saturated carbocycles. The van der Waals surface area contributed by atoms with Crippen LogP contribution in [0.1, 0.15) is 31.1 Å². The summed E-state index contributed by atoms with van der Waals surface area (Å²) < 4.78 is 19.6. The molecule has 1 aromatic carbocycles. The molecule has 3 N–H and O–H groups in total. The normalized spacial score (nSPS) is 20.2. The molecule has 0 radical (unpaired) electrons. The molecule has 1 aliphatic heterocycles. The van der Waals surface area contributed by atoms with Crippen LogP contribution in [-0.2, 0) is 16.8 Å². The van der Waals surface area contributed by atoms with Crippen LogP contribution in [0, 0.1) is 5.82 Å². The first-order valence-corrected chi connectivity index (χ1v) is 9.05. The van der Waals surface area contributed by atoms with Gasteiger partial charge < -0.3 is 15.5 Å². The molecule has 1 amide bonds. The predicted octanol–water partition coefficient (Wildman–Crippen LogP) is 3.66. The van der Waals surface area contributed by atoms with E-state index in [1.165, 1.54) is 17.8 Å². The highest BCUT2D eigenvalue weighted by Crippen LogP contribution is 2.37. The zero-order valence-electron chi connectivity index (χ0n) is 13.9. The zero-order chi connectivity index (χ0) is 17.9. The number of hydrogen-bond donors (Lipinski definition) is 2. The summed E-state index contributed by atoms with van der Waals surface area (Å²) in [6, 6.07) is 8.17. The zero-order valence-corrected chi connectivity index (χ0v) is 14.7. The van der Waals surface area contributed by atoms with E-state index < -0.39 is 5.54 Å². The third kappa shape index (κ3) is 4.22. The highest BCUT2D eigenvalue weighted by atomic mass is 32.2. The van der Waals surface area contributed by atoms with Gasteiger partial charge in [-0.1, -0.05) is 11.8 Å². The van der Waals surface area contributed by atoms with Crippen LogP contribution in [0.4, 0.5) is 10.1 Å². The highest BCUT2D eigenvalue weighted by molar-refractivity contribution is 8.13. The Bertz CT molecular complexity index is 792. The maximum atomic E-state index is 14.4. The van der Waals surface area contributed by atoms with Crippen LogP contribution < -0.4 is 11.1 Å². The number of nitrogens with zero attached hydrogens (tertiary/aromatic N) is 1. The number of aliphatic imine (C=N–C) groups is 1. The van der Waals surface area contributed by atoms with E-state index in [1.807, 2.05) is 13.0 Å². The lowest BCUT2D eigenvalue weighted by atomic mass is 9.89. The first-order chi connectivity index (χ1) is 12.0. The van der Waals surface area contributed by atoms with Crippen LogP contribution in [0.5, 0.6) is 0 Å². The van der Waals surface area contributed by atoms with E-state index in [0.29, 0.717) is 35.7 Å². The number of furan rings is 1. The molecule has 1 atom stereocenters.